The average Bonchev–Trinajstić information content (AvgIpc) is 3.00. The minimum atomic E-state index is -0.884. The minimum Gasteiger partial charge on any atom is -0.493 e. The third kappa shape index (κ3) is 6.07. The van der Waals surface area contributed by atoms with Crippen LogP contribution in [0.5, 0.6) is 23.1 Å². The molecule has 0 aliphatic carbocycles. The number of anilines is 1. The highest BCUT2D eigenvalue weighted by atomic mass is 19.1. The molecule has 0 saturated heterocycles. The Balaban J connectivity index is 1.22. The van der Waals surface area contributed by atoms with Gasteiger partial charge in [-0.05, 0) is 48.4 Å². The van der Waals surface area contributed by atoms with Crippen LogP contribution < -0.4 is 24.8 Å². The molecule has 1 unspecified atom stereocenters. The van der Waals surface area contributed by atoms with Crippen molar-refractivity contribution in [3.8, 4) is 23.1 Å². The minimum absolute atomic E-state index is 0.0255. The third-order valence-electron chi connectivity index (χ3n) is 7.16. The van der Waals surface area contributed by atoms with Gasteiger partial charge in [0, 0.05) is 42.4 Å². The van der Waals surface area contributed by atoms with Crippen molar-refractivity contribution in [2.75, 3.05) is 39.2 Å². The molecule has 0 saturated carbocycles. The molecule has 2 heterocycles. The zero-order chi connectivity index (χ0) is 28.9. The molecule has 2 N–H and O–H groups in total. The van der Waals surface area contributed by atoms with Crippen molar-refractivity contribution in [2.45, 2.75) is 19.4 Å². The zero-order valence-electron chi connectivity index (χ0n) is 23.1. The van der Waals surface area contributed by atoms with Gasteiger partial charge in [-0.3, -0.25) is 14.5 Å². The number of hydrogen-bond donors (Lipinski definition) is 2. The van der Waals surface area contributed by atoms with Gasteiger partial charge >= 0.3 is 11.8 Å². The fourth-order valence-electron chi connectivity index (χ4n) is 5.04. The maximum Gasteiger partial charge on any atom is 0.313 e. The van der Waals surface area contributed by atoms with Gasteiger partial charge in [-0.1, -0.05) is 31.2 Å². The van der Waals surface area contributed by atoms with Gasteiger partial charge in [0.05, 0.1) is 25.8 Å². The fraction of sp³-hybridized carbons (Fsp3) is 0.258. The van der Waals surface area contributed by atoms with Crippen molar-refractivity contribution in [3.05, 3.63) is 83.7 Å². The van der Waals surface area contributed by atoms with Crippen molar-refractivity contribution < 1.29 is 28.2 Å². The normalized spacial score (nSPS) is 14.7. The first-order valence-corrected chi connectivity index (χ1v) is 13.3. The quantitative estimate of drug-likeness (QED) is 0.298. The zero-order valence-corrected chi connectivity index (χ0v) is 23.1. The van der Waals surface area contributed by atoms with Crippen LogP contribution in [0, 0.1) is 5.82 Å². The summed E-state index contributed by atoms with van der Waals surface area (Å²) in [6.45, 7) is 4.07. The highest BCUT2D eigenvalue weighted by Crippen LogP contribution is 2.33. The molecule has 4 aromatic rings. The van der Waals surface area contributed by atoms with Gasteiger partial charge in [0.2, 0.25) is 5.88 Å². The Morgan fingerprint density at radius 3 is 2.51 bits per heavy atom. The van der Waals surface area contributed by atoms with Gasteiger partial charge in [-0.25, -0.2) is 9.37 Å². The lowest BCUT2D eigenvalue weighted by Gasteiger charge is -2.36. The molecule has 0 bridgehead atoms. The van der Waals surface area contributed by atoms with Crippen LogP contribution in [0.1, 0.15) is 24.1 Å². The van der Waals surface area contributed by atoms with E-state index in [1.54, 1.807) is 31.4 Å². The number of amides is 2. The van der Waals surface area contributed by atoms with Crippen LogP contribution >= 0.6 is 0 Å². The number of halogens is 1. The van der Waals surface area contributed by atoms with Crippen LogP contribution in [-0.4, -0.2) is 55.6 Å². The average molecular weight is 559 g/mol. The summed E-state index contributed by atoms with van der Waals surface area (Å²) in [6.07, 6.45) is 0.946. The number of benzene rings is 3. The predicted molar refractivity (Wildman–Crippen MR) is 153 cm³/mol. The van der Waals surface area contributed by atoms with Crippen LogP contribution in [0.2, 0.25) is 0 Å². The lowest BCUT2D eigenvalue weighted by atomic mass is 9.92. The molecule has 1 aromatic heterocycles. The maximum atomic E-state index is 14.9. The molecule has 1 aliphatic heterocycles. The van der Waals surface area contributed by atoms with E-state index in [1.807, 2.05) is 12.1 Å². The first-order valence-electron chi connectivity index (χ1n) is 13.3. The number of nitrogens with zero attached hydrogens (tertiary/aromatic N) is 2. The largest absolute Gasteiger partial charge is 0.493 e. The number of methoxy groups -OCH3 is 2. The van der Waals surface area contributed by atoms with Gasteiger partial charge in [-0.15, -0.1) is 0 Å². The Kier molecular flexibility index (Phi) is 8.30. The number of ether oxygens (including phenoxy) is 3. The van der Waals surface area contributed by atoms with Crippen molar-refractivity contribution in [1.82, 2.24) is 15.2 Å². The van der Waals surface area contributed by atoms with Gasteiger partial charge < -0.3 is 24.8 Å². The van der Waals surface area contributed by atoms with Crippen molar-refractivity contribution in [3.63, 3.8) is 0 Å². The number of nitrogens with one attached hydrogen (secondary N) is 2. The van der Waals surface area contributed by atoms with Crippen LogP contribution in [-0.2, 0) is 16.0 Å². The second-order valence-corrected chi connectivity index (χ2v) is 9.55. The lowest BCUT2D eigenvalue weighted by molar-refractivity contribution is -0.136. The maximum absolute atomic E-state index is 14.9. The number of likely N-dealkylation sites (N-methyl/N-ethyl adjacent to an activating group) is 1. The molecule has 0 spiro atoms. The molecule has 1 aliphatic rings. The second-order valence-electron chi connectivity index (χ2n) is 9.55. The van der Waals surface area contributed by atoms with E-state index in [0.29, 0.717) is 17.0 Å². The topological polar surface area (TPSA) is 102 Å². The van der Waals surface area contributed by atoms with E-state index >= 15 is 0 Å². The Morgan fingerprint density at radius 2 is 1.76 bits per heavy atom. The number of carbonyl (C=O) groups is 2. The van der Waals surface area contributed by atoms with Gasteiger partial charge in [0.1, 0.15) is 0 Å². The second kappa shape index (κ2) is 12.2. The molecular formula is C31H31FN4O5. The molecule has 2 amide bonds. The van der Waals surface area contributed by atoms with E-state index in [-0.39, 0.29) is 29.9 Å². The van der Waals surface area contributed by atoms with Gasteiger partial charge in [-0.2, -0.15) is 0 Å². The molecular weight excluding hydrogens is 527 g/mol. The molecule has 9 nitrogen and oxygen atoms in total. The van der Waals surface area contributed by atoms with E-state index in [0.717, 1.165) is 36.5 Å². The summed E-state index contributed by atoms with van der Waals surface area (Å²) in [5.41, 5.74) is 3.10. The summed E-state index contributed by atoms with van der Waals surface area (Å²) in [6, 6.07) is 18.9. The summed E-state index contributed by atoms with van der Waals surface area (Å²) < 4.78 is 31.2. The van der Waals surface area contributed by atoms with Gasteiger partial charge in [0.25, 0.3) is 0 Å². The number of carbonyl (C=O) groups excluding carboxylic acids is 2. The number of fused-ring (bicyclic) bond motifs is 2. The van der Waals surface area contributed by atoms with Crippen LogP contribution in [0.3, 0.4) is 0 Å². The summed E-state index contributed by atoms with van der Waals surface area (Å²) in [5.74, 6) is -1.25. The Morgan fingerprint density at radius 1 is 0.976 bits per heavy atom. The highest BCUT2D eigenvalue weighted by Gasteiger charge is 2.27. The number of pyridine rings is 1. The molecule has 3 aromatic carbocycles. The molecule has 10 heteroatoms. The fourth-order valence-corrected chi connectivity index (χ4v) is 5.04. The molecule has 1 atom stereocenters. The Labute approximate surface area is 237 Å². The standard InChI is InChI=1S/C31H31FN4O5/c1-4-36-14-13-19-7-5-6-8-22(19)25(36)18-33-30(37)31(38)34-21-10-11-26(23(32)16-21)41-29-12-9-20-15-27(39-2)28(40-3)17-24(20)35-29/h5-12,15-17,25H,4,13-14,18H2,1-3H3,(H,33,37)(H,34,38). The summed E-state index contributed by atoms with van der Waals surface area (Å²) >= 11 is 0. The monoisotopic (exact) mass is 558 g/mol. The first kappa shape index (κ1) is 27.9. The predicted octanol–water partition coefficient (Wildman–Crippen LogP) is 4.86. The smallest absolute Gasteiger partial charge is 0.313 e. The van der Waals surface area contributed by atoms with E-state index < -0.39 is 17.6 Å². The van der Waals surface area contributed by atoms with Crippen LogP contribution in [0.25, 0.3) is 10.9 Å². The summed E-state index contributed by atoms with van der Waals surface area (Å²) in [5, 5.41) is 5.98. The molecule has 0 fully saturated rings. The molecule has 5 rings (SSSR count). The van der Waals surface area contributed by atoms with E-state index in [9.17, 15) is 14.0 Å². The number of hydrogen-bond acceptors (Lipinski definition) is 7. The van der Waals surface area contributed by atoms with Crippen molar-refractivity contribution in [2.24, 2.45) is 0 Å². The van der Waals surface area contributed by atoms with Crippen molar-refractivity contribution >= 4 is 28.4 Å². The molecule has 41 heavy (non-hydrogen) atoms. The third-order valence-corrected chi connectivity index (χ3v) is 7.16. The summed E-state index contributed by atoms with van der Waals surface area (Å²) in [4.78, 5) is 31.9. The Bertz CT molecular complexity index is 1590. The molecule has 212 valence electrons. The van der Waals surface area contributed by atoms with Crippen molar-refractivity contribution in [1.29, 1.82) is 0 Å². The van der Waals surface area contributed by atoms with E-state index in [4.69, 9.17) is 14.2 Å². The van der Waals surface area contributed by atoms with Gasteiger partial charge in [0.15, 0.2) is 23.1 Å². The van der Waals surface area contributed by atoms with E-state index in [1.165, 1.54) is 24.8 Å². The van der Waals surface area contributed by atoms with Crippen LogP contribution in [0.15, 0.2) is 66.7 Å². The van der Waals surface area contributed by atoms with Crippen LogP contribution in [0.4, 0.5) is 10.1 Å². The molecule has 0 radical (unpaired) electrons. The Hall–Kier alpha value is -4.70. The lowest BCUT2D eigenvalue weighted by Crippen LogP contribution is -2.44. The van der Waals surface area contributed by atoms with E-state index in [2.05, 4.69) is 39.6 Å². The summed E-state index contributed by atoms with van der Waals surface area (Å²) in [7, 11) is 3.08. The SMILES string of the molecule is CCN1CCc2ccccc2C1CNC(=O)C(=O)Nc1ccc(Oc2ccc3cc(OC)c(OC)cc3n2)c(F)c1. The number of aromatic nitrogens is 1. The highest BCUT2D eigenvalue weighted by molar-refractivity contribution is 6.39. The number of rotatable bonds is 8. The first-order chi connectivity index (χ1) is 19.9.